The van der Waals surface area contributed by atoms with Crippen molar-refractivity contribution in [3.05, 3.63) is 97.0 Å². The van der Waals surface area contributed by atoms with Gasteiger partial charge in [-0.1, -0.05) is 24.3 Å². The highest BCUT2D eigenvalue weighted by Crippen LogP contribution is 2.22. The summed E-state index contributed by atoms with van der Waals surface area (Å²) in [6, 6.07) is 15.0. The van der Waals surface area contributed by atoms with Crippen molar-refractivity contribution in [2.45, 2.75) is 33.9 Å². The number of nitrogens with one attached hydrogen (secondary N) is 1. The average Bonchev–Trinajstić information content (AvgIpc) is 3.43. The molecule has 0 aliphatic rings. The molecule has 0 saturated carbocycles. The first-order chi connectivity index (χ1) is 19.9. The van der Waals surface area contributed by atoms with Crippen LogP contribution in [-0.2, 0) is 34.4 Å². The van der Waals surface area contributed by atoms with E-state index in [4.69, 9.17) is 14.2 Å². The zero-order chi connectivity index (χ0) is 30.6. The van der Waals surface area contributed by atoms with Crippen molar-refractivity contribution in [1.82, 2.24) is 14.5 Å². The Balaban J connectivity index is 1.47. The maximum atomic E-state index is 13.3. The minimum atomic E-state index is -0.722. The molecule has 0 aliphatic heterocycles. The van der Waals surface area contributed by atoms with Gasteiger partial charge in [0.05, 0.1) is 34.9 Å². The number of esters is 2. The lowest BCUT2D eigenvalue weighted by Gasteiger charge is -2.16. The van der Waals surface area contributed by atoms with Crippen molar-refractivity contribution >= 4 is 39.4 Å². The number of thiophene rings is 1. The molecule has 0 spiro atoms. The van der Waals surface area contributed by atoms with Crippen LogP contribution in [0.1, 0.15) is 51.9 Å². The molecule has 0 radical (unpaired) electrons. The molecule has 2 aromatic carbocycles. The Bertz CT molecular complexity index is 1760. The molecule has 220 valence electrons. The van der Waals surface area contributed by atoms with E-state index in [2.05, 4.69) is 5.32 Å². The third-order valence-corrected chi connectivity index (χ3v) is 7.55. The van der Waals surface area contributed by atoms with Crippen LogP contribution in [0.3, 0.4) is 0 Å². The van der Waals surface area contributed by atoms with Crippen molar-refractivity contribution in [2.24, 2.45) is 12.5 Å². The number of benzene rings is 2. The molecule has 42 heavy (non-hydrogen) atoms. The molecule has 4 rings (SSSR count). The number of fused-ring (bicyclic) bond motifs is 1. The van der Waals surface area contributed by atoms with Crippen LogP contribution in [0.25, 0.3) is 10.2 Å². The fourth-order valence-electron chi connectivity index (χ4n) is 3.95. The first-order valence-corrected chi connectivity index (χ1v) is 13.8. The van der Waals surface area contributed by atoms with E-state index in [1.165, 1.54) is 22.8 Å². The van der Waals surface area contributed by atoms with Gasteiger partial charge in [0, 0.05) is 13.6 Å². The molecule has 1 amide bonds. The smallest absolute Gasteiger partial charge is 0.340 e. The number of aromatic nitrogens is 2. The van der Waals surface area contributed by atoms with E-state index in [1.54, 1.807) is 53.1 Å². The lowest BCUT2D eigenvalue weighted by atomic mass is 9.98. The van der Waals surface area contributed by atoms with E-state index >= 15 is 0 Å². The number of carbonyl (C=O) groups excluding carboxylic acids is 3. The van der Waals surface area contributed by atoms with Crippen LogP contribution in [0.4, 0.5) is 0 Å². The van der Waals surface area contributed by atoms with E-state index in [0.717, 1.165) is 21.5 Å². The predicted molar refractivity (Wildman–Crippen MR) is 157 cm³/mol. The summed E-state index contributed by atoms with van der Waals surface area (Å²) in [7, 11) is 3.11. The van der Waals surface area contributed by atoms with Crippen LogP contribution < -0.4 is 21.3 Å². The Morgan fingerprint density at radius 2 is 1.67 bits per heavy atom. The van der Waals surface area contributed by atoms with E-state index in [0.29, 0.717) is 21.0 Å². The molecule has 2 heterocycles. The van der Waals surface area contributed by atoms with Gasteiger partial charge in [0.2, 0.25) is 6.79 Å². The third-order valence-electron chi connectivity index (χ3n) is 6.34. The molecule has 1 N–H and O–H groups in total. The Morgan fingerprint density at radius 3 is 2.33 bits per heavy atom. The monoisotopic (exact) mass is 593 g/mol. The van der Waals surface area contributed by atoms with Crippen LogP contribution in [-0.4, -0.2) is 40.9 Å². The molecular weight excluding hydrogens is 562 g/mol. The van der Waals surface area contributed by atoms with Crippen LogP contribution in [0, 0.1) is 5.41 Å². The molecule has 0 bridgehead atoms. The van der Waals surface area contributed by atoms with Crippen LogP contribution in [0.2, 0.25) is 0 Å². The third kappa shape index (κ3) is 6.77. The highest BCUT2D eigenvalue weighted by Gasteiger charge is 2.23. The van der Waals surface area contributed by atoms with Gasteiger partial charge in [-0.15, -0.1) is 11.3 Å². The molecule has 11 nitrogen and oxygen atoms in total. The summed E-state index contributed by atoms with van der Waals surface area (Å²) in [5, 5.41) is 3.08. The molecule has 0 fully saturated rings. The van der Waals surface area contributed by atoms with Crippen LogP contribution in [0.5, 0.6) is 5.75 Å². The molecule has 2 aromatic heterocycles. The number of rotatable bonds is 9. The minimum absolute atomic E-state index is 0.0484. The molecule has 0 atom stereocenters. The van der Waals surface area contributed by atoms with Gasteiger partial charge in [-0.05, 0) is 62.2 Å². The molecule has 12 heteroatoms. The number of carbonyl (C=O) groups is 3. The fraction of sp³-hybridized carbons (Fsp3) is 0.300. The molecule has 0 unspecified atom stereocenters. The molecule has 0 aliphatic carbocycles. The predicted octanol–water partition coefficient (Wildman–Crippen LogP) is 3.45. The summed E-state index contributed by atoms with van der Waals surface area (Å²) in [6.07, 6.45) is 0. The molecular formula is C30H31N3O8S. The summed E-state index contributed by atoms with van der Waals surface area (Å²) < 4.78 is 17.6. The fourth-order valence-corrected chi connectivity index (χ4v) is 4.97. The summed E-state index contributed by atoms with van der Waals surface area (Å²) in [5.74, 6) is -0.879. The lowest BCUT2D eigenvalue weighted by Crippen LogP contribution is -2.38. The Morgan fingerprint density at radius 1 is 0.952 bits per heavy atom. The quantitative estimate of drug-likeness (QED) is 0.230. The second kappa shape index (κ2) is 12.4. The summed E-state index contributed by atoms with van der Waals surface area (Å²) in [4.78, 5) is 64.0. The number of aryl methyl sites for hydroxylation is 1. The first kappa shape index (κ1) is 30.3. The SMILES string of the molecule is COc1cccc(CNC(=O)c2cc3c(=O)n(Cc4ccc(C(=O)OCOC(=O)C(C)(C)C)cc4)c(=O)n(C)c3s2)c1. The first-order valence-electron chi connectivity index (χ1n) is 13.0. The normalized spacial score (nSPS) is 11.3. The number of hydrogen-bond donors (Lipinski definition) is 1. The maximum absolute atomic E-state index is 13.3. The molecule has 4 aromatic rings. The van der Waals surface area contributed by atoms with E-state index in [1.807, 2.05) is 18.2 Å². The lowest BCUT2D eigenvalue weighted by molar-refractivity contribution is -0.161. The van der Waals surface area contributed by atoms with Crippen LogP contribution in [0.15, 0.2) is 64.2 Å². The summed E-state index contributed by atoms with van der Waals surface area (Å²) in [5.41, 5.74) is -0.135. The maximum Gasteiger partial charge on any atom is 0.340 e. The largest absolute Gasteiger partial charge is 0.497 e. The zero-order valence-corrected chi connectivity index (χ0v) is 24.7. The average molecular weight is 594 g/mol. The highest BCUT2D eigenvalue weighted by molar-refractivity contribution is 7.20. The molecule has 0 saturated heterocycles. The van der Waals surface area contributed by atoms with Gasteiger partial charge in [-0.25, -0.2) is 9.59 Å². The highest BCUT2D eigenvalue weighted by atomic mass is 32.1. The van der Waals surface area contributed by atoms with Crippen LogP contribution >= 0.6 is 11.3 Å². The van der Waals surface area contributed by atoms with Gasteiger partial charge in [-0.3, -0.25) is 23.5 Å². The minimum Gasteiger partial charge on any atom is -0.497 e. The zero-order valence-electron chi connectivity index (χ0n) is 23.9. The number of nitrogens with zero attached hydrogens (tertiary/aromatic N) is 2. The Kier molecular flexibility index (Phi) is 8.96. The van der Waals surface area contributed by atoms with Gasteiger partial charge >= 0.3 is 17.6 Å². The number of hydrogen-bond acceptors (Lipinski definition) is 9. The summed E-state index contributed by atoms with van der Waals surface area (Å²) in [6.45, 7) is 4.76. The standard InChI is InChI=1S/C30H31N3O8S/c1-30(2,3)28(37)41-17-40-27(36)20-11-9-18(10-12-20)16-33-25(35)22-14-23(42-26(22)32(4)29(33)38)24(34)31-15-19-7-6-8-21(13-19)39-5/h6-14H,15-17H2,1-5H3,(H,31,34). The van der Waals surface area contributed by atoms with Gasteiger partial charge in [0.25, 0.3) is 11.5 Å². The Labute approximate surface area is 245 Å². The number of ether oxygens (including phenoxy) is 3. The van der Waals surface area contributed by atoms with Crippen molar-refractivity contribution in [2.75, 3.05) is 13.9 Å². The van der Waals surface area contributed by atoms with E-state index < -0.39 is 35.4 Å². The van der Waals surface area contributed by atoms with Crippen molar-refractivity contribution in [3.63, 3.8) is 0 Å². The second-order valence-corrected chi connectivity index (χ2v) is 11.6. The number of amides is 1. The van der Waals surface area contributed by atoms with E-state index in [-0.39, 0.29) is 29.9 Å². The van der Waals surface area contributed by atoms with Gasteiger partial charge in [0.1, 0.15) is 10.6 Å². The van der Waals surface area contributed by atoms with Crippen molar-refractivity contribution in [3.8, 4) is 5.75 Å². The summed E-state index contributed by atoms with van der Waals surface area (Å²) >= 11 is 1.06. The Hall–Kier alpha value is -4.71. The van der Waals surface area contributed by atoms with Crippen molar-refractivity contribution in [1.29, 1.82) is 0 Å². The topological polar surface area (TPSA) is 135 Å². The van der Waals surface area contributed by atoms with Gasteiger partial charge < -0.3 is 19.5 Å². The second-order valence-electron chi connectivity index (χ2n) is 10.5. The van der Waals surface area contributed by atoms with Gasteiger partial charge in [0.15, 0.2) is 0 Å². The van der Waals surface area contributed by atoms with E-state index in [9.17, 15) is 24.0 Å². The number of methoxy groups -OCH3 is 1. The van der Waals surface area contributed by atoms with Gasteiger partial charge in [-0.2, -0.15) is 0 Å². The van der Waals surface area contributed by atoms with Crippen molar-refractivity contribution < 1.29 is 28.6 Å².